The summed E-state index contributed by atoms with van der Waals surface area (Å²) >= 11 is 0. The van der Waals surface area contributed by atoms with E-state index in [1.165, 1.54) is 16.9 Å². The number of likely N-dealkylation sites (tertiary alicyclic amines) is 1. The molecule has 1 saturated heterocycles. The smallest absolute Gasteiger partial charge is 0.160 e. The van der Waals surface area contributed by atoms with E-state index in [9.17, 15) is 4.39 Å². The van der Waals surface area contributed by atoms with E-state index in [4.69, 9.17) is 16.2 Å². The van der Waals surface area contributed by atoms with Crippen LogP contribution in [0.5, 0.6) is 0 Å². The van der Waals surface area contributed by atoms with Gasteiger partial charge in [0, 0.05) is 37.5 Å². The molecular formula is C19H29FN6O. The van der Waals surface area contributed by atoms with Crippen LogP contribution in [-0.4, -0.2) is 53.0 Å². The van der Waals surface area contributed by atoms with Crippen LogP contribution in [0, 0.1) is 5.82 Å². The SMILES string of the molecule is CC.CCN1CCC1CO/C(=C/N)C(=NC)c1cc2cc(N)nn2cc1F. The van der Waals surface area contributed by atoms with Gasteiger partial charge in [0.25, 0.3) is 0 Å². The van der Waals surface area contributed by atoms with E-state index in [0.29, 0.717) is 41.0 Å². The van der Waals surface area contributed by atoms with Crippen molar-refractivity contribution in [1.82, 2.24) is 14.5 Å². The minimum Gasteiger partial charge on any atom is -0.488 e. The highest BCUT2D eigenvalue weighted by atomic mass is 19.1. The van der Waals surface area contributed by atoms with Crippen molar-refractivity contribution in [2.24, 2.45) is 10.7 Å². The van der Waals surface area contributed by atoms with Crippen molar-refractivity contribution in [2.45, 2.75) is 33.2 Å². The summed E-state index contributed by atoms with van der Waals surface area (Å²) in [4.78, 5) is 6.51. The molecule has 1 fully saturated rings. The molecule has 7 nitrogen and oxygen atoms in total. The Kier molecular flexibility index (Phi) is 7.18. The molecule has 0 aromatic carbocycles. The van der Waals surface area contributed by atoms with E-state index in [2.05, 4.69) is 21.9 Å². The predicted octanol–water partition coefficient (Wildman–Crippen LogP) is 2.41. The number of pyridine rings is 1. The fraction of sp³-hybridized carbons (Fsp3) is 0.474. The van der Waals surface area contributed by atoms with Crippen LogP contribution in [0.3, 0.4) is 0 Å². The van der Waals surface area contributed by atoms with Crippen molar-refractivity contribution in [1.29, 1.82) is 0 Å². The molecule has 2 aromatic heterocycles. The molecule has 0 saturated carbocycles. The van der Waals surface area contributed by atoms with Crippen LogP contribution in [0.1, 0.15) is 32.8 Å². The zero-order valence-corrected chi connectivity index (χ0v) is 16.4. The molecule has 3 heterocycles. The molecule has 4 N–H and O–H groups in total. The number of fused-ring (bicyclic) bond motifs is 1. The second-order valence-electron chi connectivity index (χ2n) is 5.96. The monoisotopic (exact) mass is 376 g/mol. The number of hydrogen-bond donors (Lipinski definition) is 2. The summed E-state index contributed by atoms with van der Waals surface area (Å²) in [5, 5.41) is 4.00. The van der Waals surface area contributed by atoms with Crippen LogP contribution in [0.25, 0.3) is 5.52 Å². The molecule has 0 radical (unpaired) electrons. The number of anilines is 1. The van der Waals surface area contributed by atoms with Crippen LogP contribution in [0.4, 0.5) is 10.2 Å². The first kappa shape index (κ1) is 20.7. The first-order valence-corrected chi connectivity index (χ1v) is 9.28. The van der Waals surface area contributed by atoms with Crippen LogP contribution in [-0.2, 0) is 4.74 Å². The maximum absolute atomic E-state index is 14.5. The summed E-state index contributed by atoms with van der Waals surface area (Å²) in [5.74, 6) is 0.209. The van der Waals surface area contributed by atoms with Gasteiger partial charge in [0.1, 0.15) is 18.1 Å². The van der Waals surface area contributed by atoms with Gasteiger partial charge in [-0.05, 0) is 19.0 Å². The maximum atomic E-state index is 14.5. The van der Waals surface area contributed by atoms with Crippen molar-refractivity contribution in [3.05, 3.63) is 41.7 Å². The van der Waals surface area contributed by atoms with Crippen LogP contribution >= 0.6 is 0 Å². The predicted molar refractivity (Wildman–Crippen MR) is 107 cm³/mol. The average Bonchev–Trinajstić information content (AvgIpc) is 3.01. The Morgan fingerprint density at radius 2 is 2.19 bits per heavy atom. The lowest BCUT2D eigenvalue weighted by Crippen LogP contribution is -2.50. The third-order valence-corrected chi connectivity index (χ3v) is 4.54. The van der Waals surface area contributed by atoms with Gasteiger partial charge in [0.15, 0.2) is 11.6 Å². The molecule has 27 heavy (non-hydrogen) atoms. The highest BCUT2D eigenvalue weighted by Gasteiger charge is 2.27. The number of halogens is 1. The second-order valence-corrected chi connectivity index (χ2v) is 5.96. The van der Waals surface area contributed by atoms with Crippen LogP contribution < -0.4 is 11.5 Å². The normalized spacial score (nSPS) is 18.0. The fourth-order valence-electron chi connectivity index (χ4n) is 3.06. The molecule has 0 bridgehead atoms. The average molecular weight is 376 g/mol. The molecule has 0 aliphatic carbocycles. The third kappa shape index (κ3) is 4.39. The number of nitrogens with two attached hydrogens (primary N) is 2. The second kappa shape index (κ2) is 9.36. The topological polar surface area (TPSA) is 94.2 Å². The van der Waals surface area contributed by atoms with Gasteiger partial charge >= 0.3 is 0 Å². The van der Waals surface area contributed by atoms with Gasteiger partial charge in [0.2, 0.25) is 0 Å². The van der Waals surface area contributed by atoms with Crippen molar-refractivity contribution in [3.63, 3.8) is 0 Å². The van der Waals surface area contributed by atoms with Gasteiger partial charge in [-0.25, -0.2) is 8.91 Å². The first-order chi connectivity index (χ1) is 13.1. The van der Waals surface area contributed by atoms with Gasteiger partial charge in [-0.2, -0.15) is 5.10 Å². The van der Waals surface area contributed by atoms with E-state index in [-0.39, 0.29) is 0 Å². The minimum absolute atomic E-state index is 0.299. The van der Waals surface area contributed by atoms with E-state index in [1.54, 1.807) is 19.2 Å². The molecule has 1 aliphatic heterocycles. The fourth-order valence-corrected chi connectivity index (χ4v) is 3.06. The lowest BCUT2D eigenvalue weighted by Gasteiger charge is -2.40. The Hall–Kier alpha value is -2.61. The Labute approximate surface area is 159 Å². The molecule has 1 aliphatic rings. The van der Waals surface area contributed by atoms with E-state index < -0.39 is 5.82 Å². The van der Waals surface area contributed by atoms with E-state index in [0.717, 1.165) is 19.5 Å². The van der Waals surface area contributed by atoms with Crippen LogP contribution in [0.2, 0.25) is 0 Å². The number of rotatable bonds is 6. The molecule has 1 atom stereocenters. The zero-order chi connectivity index (χ0) is 20.0. The highest BCUT2D eigenvalue weighted by Crippen LogP contribution is 2.21. The largest absolute Gasteiger partial charge is 0.488 e. The number of nitrogen functional groups attached to an aromatic ring is 1. The van der Waals surface area contributed by atoms with E-state index in [1.807, 2.05) is 13.8 Å². The number of hydrogen-bond acceptors (Lipinski definition) is 6. The summed E-state index contributed by atoms with van der Waals surface area (Å²) in [5.41, 5.74) is 12.7. The number of aliphatic imine (C=N–C) groups is 1. The number of aromatic nitrogens is 2. The van der Waals surface area contributed by atoms with Crippen LogP contribution in [0.15, 0.2) is 35.3 Å². The lowest BCUT2D eigenvalue weighted by atomic mass is 10.0. The van der Waals surface area contributed by atoms with Gasteiger partial charge < -0.3 is 16.2 Å². The molecule has 3 rings (SSSR count). The molecular weight excluding hydrogens is 347 g/mol. The Bertz CT molecular complexity index is 827. The van der Waals surface area contributed by atoms with Crippen molar-refractivity contribution >= 4 is 17.0 Å². The van der Waals surface area contributed by atoms with E-state index >= 15 is 0 Å². The summed E-state index contributed by atoms with van der Waals surface area (Å²) in [6.45, 7) is 8.68. The molecule has 2 aromatic rings. The number of nitrogens with zero attached hydrogens (tertiary/aromatic N) is 4. The Morgan fingerprint density at radius 3 is 2.74 bits per heavy atom. The quantitative estimate of drug-likeness (QED) is 0.596. The first-order valence-electron chi connectivity index (χ1n) is 9.28. The van der Waals surface area contributed by atoms with Gasteiger partial charge in [-0.1, -0.05) is 20.8 Å². The standard InChI is InChI=1S/C17H23FN6O.C2H6/c1-3-23-5-4-11(23)10-25-15(8-19)17(21-2)13-6-12-7-16(20)22-24(12)9-14(13)18;1-2/h6-9,11H,3-5,10,19H2,1-2H3,(H2,20,22);1-2H3/b15-8+,21-17?;. The van der Waals surface area contributed by atoms with Crippen molar-refractivity contribution < 1.29 is 9.13 Å². The summed E-state index contributed by atoms with van der Waals surface area (Å²) in [6.07, 6.45) is 3.68. The molecule has 8 heteroatoms. The Morgan fingerprint density at radius 1 is 1.44 bits per heavy atom. The van der Waals surface area contributed by atoms with Crippen molar-refractivity contribution in [2.75, 3.05) is 32.5 Å². The third-order valence-electron chi connectivity index (χ3n) is 4.54. The maximum Gasteiger partial charge on any atom is 0.160 e. The molecule has 1 unspecified atom stereocenters. The number of ether oxygens (including phenoxy) is 1. The molecule has 148 valence electrons. The lowest BCUT2D eigenvalue weighted by molar-refractivity contribution is 0.0367. The van der Waals surface area contributed by atoms with Gasteiger partial charge in [0.05, 0.1) is 11.7 Å². The van der Waals surface area contributed by atoms with Gasteiger partial charge in [-0.15, -0.1) is 0 Å². The van der Waals surface area contributed by atoms with Gasteiger partial charge in [-0.3, -0.25) is 9.89 Å². The summed E-state index contributed by atoms with van der Waals surface area (Å²) in [6, 6.07) is 3.66. The number of allylic oxidation sites excluding steroid dienone is 1. The summed E-state index contributed by atoms with van der Waals surface area (Å²) < 4.78 is 21.8. The highest BCUT2D eigenvalue weighted by molar-refractivity contribution is 6.12. The molecule has 0 amide bonds. The zero-order valence-electron chi connectivity index (χ0n) is 16.4. The summed E-state index contributed by atoms with van der Waals surface area (Å²) in [7, 11) is 1.58. The number of likely N-dealkylation sites (N-methyl/N-ethyl adjacent to an activating group) is 1. The Balaban J connectivity index is 0.00000126. The molecule has 0 spiro atoms. The van der Waals surface area contributed by atoms with Crippen molar-refractivity contribution in [3.8, 4) is 0 Å². The minimum atomic E-state index is -0.474.